The second kappa shape index (κ2) is 9.97. The number of para-hydroxylation sites is 1. The lowest BCUT2D eigenvalue weighted by molar-refractivity contribution is 0.194. The van der Waals surface area contributed by atoms with E-state index in [2.05, 4.69) is 34.3 Å². The predicted molar refractivity (Wildman–Crippen MR) is 137 cm³/mol. The summed E-state index contributed by atoms with van der Waals surface area (Å²) in [7, 11) is 0. The van der Waals surface area contributed by atoms with E-state index in [1.165, 1.54) is 0 Å². The van der Waals surface area contributed by atoms with Gasteiger partial charge in [-0.15, -0.1) is 0 Å². The normalized spacial score (nSPS) is 14.5. The number of hydrogen-bond donors (Lipinski definition) is 1. The molecule has 4 aromatic rings. The van der Waals surface area contributed by atoms with Crippen LogP contribution in [0.5, 0.6) is 11.5 Å². The summed E-state index contributed by atoms with van der Waals surface area (Å²) in [6.07, 6.45) is 2.06. The second-order valence-corrected chi connectivity index (χ2v) is 8.35. The van der Waals surface area contributed by atoms with Crippen molar-refractivity contribution in [2.45, 2.75) is 26.4 Å². The number of amides is 2. The molecule has 6 nitrogen and oxygen atoms in total. The van der Waals surface area contributed by atoms with Gasteiger partial charge in [0.1, 0.15) is 11.5 Å². The van der Waals surface area contributed by atoms with E-state index >= 15 is 0 Å². The Morgan fingerprint density at radius 1 is 0.857 bits per heavy atom. The number of carbonyl (C=O) groups excluding carboxylic acids is 1. The molecule has 1 aliphatic heterocycles. The Morgan fingerprint density at radius 3 is 2.20 bits per heavy atom. The summed E-state index contributed by atoms with van der Waals surface area (Å²) in [5.74, 6) is 1.59. The first kappa shape index (κ1) is 22.6. The van der Waals surface area contributed by atoms with E-state index < -0.39 is 0 Å². The van der Waals surface area contributed by atoms with E-state index in [4.69, 9.17) is 9.47 Å². The summed E-state index contributed by atoms with van der Waals surface area (Å²) in [6.45, 7) is 5.60. The fourth-order valence-electron chi connectivity index (χ4n) is 4.60. The minimum atomic E-state index is -0.282. The van der Waals surface area contributed by atoms with Gasteiger partial charge in [0.2, 0.25) is 0 Å². The lowest BCUT2D eigenvalue weighted by Crippen LogP contribution is -2.37. The Balaban J connectivity index is 1.54. The largest absolute Gasteiger partial charge is 0.494 e. The summed E-state index contributed by atoms with van der Waals surface area (Å²) in [4.78, 5) is 15.7. The van der Waals surface area contributed by atoms with Crippen molar-refractivity contribution in [2.24, 2.45) is 0 Å². The number of nitrogens with zero attached hydrogens (tertiary/aromatic N) is 2. The van der Waals surface area contributed by atoms with E-state index in [9.17, 15) is 4.79 Å². The number of aromatic nitrogens is 1. The lowest BCUT2D eigenvalue weighted by Gasteiger charge is -2.31. The highest BCUT2D eigenvalue weighted by Gasteiger charge is 2.33. The average Bonchev–Trinajstić information content (AvgIpc) is 3.30. The van der Waals surface area contributed by atoms with Crippen LogP contribution < -0.4 is 14.8 Å². The summed E-state index contributed by atoms with van der Waals surface area (Å²) in [6, 6.07) is 27.4. The van der Waals surface area contributed by atoms with Crippen molar-refractivity contribution in [2.75, 3.05) is 18.5 Å². The number of rotatable bonds is 6. The highest BCUT2D eigenvalue weighted by Crippen LogP contribution is 2.37. The highest BCUT2D eigenvalue weighted by atomic mass is 16.5. The Morgan fingerprint density at radius 2 is 1.51 bits per heavy atom. The van der Waals surface area contributed by atoms with Crippen LogP contribution >= 0.6 is 0 Å². The van der Waals surface area contributed by atoms with Crippen LogP contribution in [0.3, 0.4) is 0 Å². The predicted octanol–water partition coefficient (Wildman–Crippen LogP) is 6.41. The molecule has 1 unspecified atom stereocenters. The topological polar surface area (TPSA) is 55.7 Å². The van der Waals surface area contributed by atoms with Gasteiger partial charge >= 0.3 is 6.03 Å². The molecular weight excluding hydrogens is 438 g/mol. The first-order chi connectivity index (χ1) is 17.2. The van der Waals surface area contributed by atoms with Crippen LogP contribution in [-0.4, -0.2) is 28.7 Å². The van der Waals surface area contributed by atoms with Crippen molar-refractivity contribution < 1.29 is 14.3 Å². The van der Waals surface area contributed by atoms with Crippen molar-refractivity contribution in [1.82, 2.24) is 9.47 Å². The third kappa shape index (κ3) is 4.60. The molecule has 2 heterocycles. The smallest absolute Gasteiger partial charge is 0.322 e. The van der Waals surface area contributed by atoms with E-state index in [-0.39, 0.29) is 12.1 Å². The van der Waals surface area contributed by atoms with Crippen molar-refractivity contribution >= 4 is 11.7 Å². The van der Waals surface area contributed by atoms with Crippen LogP contribution in [0, 0.1) is 0 Å². The molecule has 0 fully saturated rings. The molecule has 2 amide bonds. The van der Waals surface area contributed by atoms with Gasteiger partial charge in [0.25, 0.3) is 0 Å². The van der Waals surface area contributed by atoms with Crippen LogP contribution in [0.25, 0.3) is 5.69 Å². The fourth-order valence-corrected chi connectivity index (χ4v) is 4.60. The van der Waals surface area contributed by atoms with Crippen molar-refractivity contribution in [1.29, 1.82) is 0 Å². The van der Waals surface area contributed by atoms with Gasteiger partial charge in [-0.05, 0) is 79.6 Å². The van der Waals surface area contributed by atoms with Gasteiger partial charge in [0, 0.05) is 17.6 Å². The van der Waals surface area contributed by atoms with Crippen LogP contribution in [0.2, 0.25) is 0 Å². The lowest BCUT2D eigenvalue weighted by atomic mass is 10.0. The minimum Gasteiger partial charge on any atom is -0.494 e. The molecule has 1 aliphatic rings. The van der Waals surface area contributed by atoms with Gasteiger partial charge in [0.15, 0.2) is 0 Å². The van der Waals surface area contributed by atoms with Gasteiger partial charge < -0.3 is 24.3 Å². The van der Waals surface area contributed by atoms with Gasteiger partial charge in [-0.3, -0.25) is 0 Å². The zero-order chi connectivity index (χ0) is 24.2. The quantitative estimate of drug-likeness (QED) is 0.356. The Bertz CT molecular complexity index is 1300. The number of ether oxygens (including phenoxy) is 2. The van der Waals surface area contributed by atoms with Crippen LogP contribution in [0.4, 0.5) is 10.5 Å². The third-order valence-corrected chi connectivity index (χ3v) is 6.15. The molecule has 0 radical (unpaired) electrons. The first-order valence-corrected chi connectivity index (χ1v) is 12.0. The third-order valence-electron chi connectivity index (χ3n) is 6.15. The zero-order valence-electron chi connectivity index (χ0n) is 20.0. The summed E-state index contributed by atoms with van der Waals surface area (Å²) in [5.41, 5.74) is 4.93. The van der Waals surface area contributed by atoms with Crippen LogP contribution in [-0.2, 0) is 6.54 Å². The van der Waals surface area contributed by atoms with E-state index in [1.807, 2.05) is 85.5 Å². The summed E-state index contributed by atoms with van der Waals surface area (Å²) >= 11 is 0. The molecule has 178 valence electrons. The van der Waals surface area contributed by atoms with Gasteiger partial charge in [-0.25, -0.2) is 4.79 Å². The Kier molecular flexibility index (Phi) is 6.44. The molecule has 1 atom stereocenters. The molecule has 0 spiro atoms. The number of carbonyl (C=O) groups is 1. The van der Waals surface area contributed by atoms with Crippen molar-refractivity contribution in [3.8, 4) is 17.2 Å². The van der Waals surface area contributed by atoms with Gasteiger partial charge in [0.05, 0.1) is 31.5 Å². The maximum absolute atomic E-state index is 13.8. The molecule has 0 bridgehead atoms. The molecule has 0 saturated heterocycles. The standard InChI is InChI=1S/C29H29N3O3/c1-3-34-24-15-11-21(12-16-24)28-27-10-7-19-31(27)26-9-6-5-8-22(26)20-32(28)29(33)30-23-13-17-25(18-14-23)35-4-2/h5-19,28H,3-4,20H2,1-2H3,(H,30,33). The maximum Gasteiger partial charge on any atom is 0.322 e. The molecule has 1 aromatic heterocycles. The molecule has 0 saturated carbocycles. The molecule has 35 heavy (non-hydrogen) atoms. The summed E-state index contributed by atoms with van der Waals surface area (Å²) in [5, 5.41) is 3.09. The highest BCUT2D eigenvalue weighted by molar-refractivity contribution is 5.90. The number of anilines is 1. The molecule has 5 rings (SSSR count). The Labute approximate surface area is 205 Å². The average molecular weight is 468 g/mol. The van der Waals surface area contributed by atoms with Gasteiger partial charge in [-0.1, -0.05) is 30.3 Å². The first-order valence-electron chi connectivity index (χ1n) is 12.0. The Hall–Kier alpha value is -4.19. The van der Waals surface area contributed by atoms with Gasteiger partial charge in [-0.2, -0.15) is 0 Å². The molecule has 1 N–H and O–H groups in total. The summed E-state index contributed by atoms with van der Waals surface area (Å²) < 4.78 is 13.4. The SMILES string of the molecule is CCOc1ccc(NC(=O)N2Cc3ccccc3-n3cccc3C2c2ccc(OCC)cc2)cc1. The number of benzene rings is 3. The van der Waals surface area contributed by atoms with Crippen molar-refractivity contribution in [3.05, 3.63) is 108 Å². The molecule has 3 aromatic carbocycles. The number of hydrogen-bond acceptors (Lipinski definition) is 3. The number of fused-ring (bicyclic) bond motifs is 3. The van der Waals surface area contributed by atoms with E-state index in [0.29, 0.717) is 19.8 Å². The van der Waals surface area contributed by atoms with E-state index in [1.54, 1.807) is 0 Å². The molecular formula is C29H29N3O3. The minimum absolute atomic E-state index is 0.169. The van der Waals surface area contributed by atoms with Crippen molar-refractivity contribution in [3.63, 3.8) is 0 Å². The van der Waals surface area contributed by atoms with Crippen LogP contribution in [0.15, 0.2) is 91.1 Å². The number of urea groups is 1. The second-order valence-electron chi connectivity index (χ2n) is 8.35. The molecule has 0 aliphatic carbocycles. The maximum atomic E-state index is 13.8. The van der Waals surface area contributed by atoms with Crippen LogP contribution in [0.1, 0.15) is 36.7 Å². The fraction of sp³-hybridized carbons (Fsp3) is 0.207. The molecule has 6 heteroatoms. The number of nitrogens with one attached hydrogen (secondary N) is 1. The monoisotopic (exact) mass is 467 g/mol. The zero-order valence-corrected chi connectivity index (χ0v) is 20.0. The van der Waals surface area contributed by atoms with E-state index in [0.717, 1.165) is 39.7 Å².